The number of nitrogens with zero attached hydrogens (tertiary/aromatic N) is 1. The van der Waals surface area contributed by atoms with Crippen molar-refractivity contribution in [3.63, 3.8) is 0 Å². The van der Waals surface area contributed by atoms with Crippen LogP contribution in [0.3, 0.4) is 0 Å². The maximum atomic E-state index is 11.8. The molecule has 0 bridgehead atoms. The number of ether oxygens (including phenoxy) is 1. The van der Waals surface area contributed by atoms with E-state index in [2.05, 4.69) is 0 Å². The Bertz CT molecular complexity index is 363. The number of hydrogen-bond donors (Lipinski definition) is 1. The Morgan fingerprint density at radius 1 is 1.44 bits per heavy atom. The van der Waals surface area contributed by atoms with Crippen molar-refractivity contribution in [2.24, 2.45) is 0 Å². The number of imide groups is 1. The predicted octanol–water partition coefficient (Wildman–Crippen LogP) is 1.98. The van der Waals surface area contributed by atoms with Gasteiger partial charge in [-0.05, 0) is 34.6 Å². The summed E-state index contributed by atoms with van der Waals surface area (Å²) >= 11 is 0. The van der Waals surface area contributed by atoms with Crippen LogP contribution in [-0.4, -0.2) is 33.1 Å². The number of hydrogen-bond acceptors (Lipinski definition) is 4. The molecule has 1 aliphatic heterocycles. The Kier molecular flexibility index (Phi) is 2.75. The van der Waals surface area contributed by atoms with Gasteiger partial charge in [0.05, 0.1) is 0 Å². The van der Waals surface area contributed by atoms with Crippen LogP contribution in [0.1, 0.15) is 34.6 Å². The number of aliphatic hydroxyl groups excluding tert-OH is 1. The second-order valence-corrected chi connectivity index (χ2v) is 5.24. The minimum absolute atomic E-state index is 0.136. The molecule has 0 unspecified atom stereocenters. The predicted molar refractivity (Wildman–Crippen MR) is 57.9 cm³/mol. The van der Waals surface area contributed by atoms with Crippen molar-refractivity contribution >= 4 is 12.0 Å². The van der Waals surface area contributed by atoms with Crippen LogP contribution in [0.2, 0.25) is 0 Å². The summed E-state index contributed by atoms with van der Waals surface area (Å²) in [6.45, 7) is 8.30. The van der Waals surface area contributed by atoms with Gasteiger partial charge in [-0.25, -0.2) is 9.69 Å². The lowest BCUT2D eigenvalue weighted by Crippen LogP contribution is -2.49. The smallest absolute Gasteiger partial charge is 0.418 e. The molecule has 16 heavy (non-hydrogen) atoms. The van der Waals surface area contributed by atoms with Gasteiger partial charge in [0.2, 0.25) is 0 Å². The highest BCUT2D eigenvalue weighted by Gasteiger charge is 2.46. The second kappa shape index (κ2) is 3.50. The third-order valence-electron chi connectivity index (χ3n) is 2.24. The molecule has 0 aromatic carbocycles. The van der Waals surface area contributed by atoms with Crippen LogP contribution in [0.5, 0.6) is 0 Å². The highest BCUT2D eigenvalue weighted by molar-refractivity contribution is 6.02. The van der Waals surface area contributed by atoms with Crippen molar-refractivity contribution in [2.45, 2.75) is 45.8 Å². The van der Waals surface area contributed by atoms with Gasteiger partial charge in [0.1, 0.15) is 16.9 Å². The van der Waals surface area contributed by atoms with Gasteiger partial charge < -0.3 is 9.84 Å². The van der Waals surface area contributed by atoms with Crippen LogP contribution in [-0.2, 0) is 9.53 Å². The molecule has 0 saturated carbocycles. The fraction of sp³-hybridized carbons (Fsp3) is 0.636. The molecule has 0 fully saturated rings. The van der Waals surface area contributed by atoms with Gasteiger partial charge in [0.25, 0.3) is 5.91 Å². The van der Waals surface area contributed by atoms with Gasteiger partial charge in [0, 0.05) is 6.08 Å². The Morgan fingerprint density at radius 3 is 2.25 bits per heavy atom. The summed E-state index contributed by atoms with van der Waals surface area (Å²) in [5.41, 5.74) is -1.72. The highest BCUT2D eigenvalue weighted by atomic mass is 16.6. The van der Waals surface area contributed by atoms with E-state index in [0.717, 1.165) is 11.0 Å². The molecule has 0 aromatic rings. The first-order chi connectivity index (χ1) is 7.05. The molecule has 0 spiro atoms. The van der Waals surface area contributed by atoms with E-state index in [-0.39, 0.29) is 5.76 Å². The lowest BCUT2D eigenvalue weighted by Gasteiger charge is -2.32. The summed E-state index contributed by atoms with van der Waals surface area (Å²) in [6, 6.07) is 0. The van der Waals surface area contributed by atoms with Crippen molar-refractivity contribution in [3.05, 3.63) is 11.8 Å². The second-order valence-electron chi connectivity index (χ2n) is 5.24. The average molecular weight is 227 g/mol. The van der Waals surface area contributed by atoms with E-state index in [0.29, 0.717) is 0 Å². The molecule has 90 valence electrons. The minimum Gasteiger partial charge on any atom is -0.510 e. The molecular formula is C11H17NO4. The van der Waals surface area contributed by atoms with Crippen LogP contribution in [0.4, 0.5) is 4.79 Å². The van der Waals surface area contributed by atoms with Crippen molar-refractivity contribution in [1.82, 2.24) is 4.90 Å². The molecule has 1 heterocycles. The molecule has 5 heteroatoms. The standard InChI is InChI=1S/C11H17NO4/c1-10(2,3)16-9(15)12-8(14)6-7(13)11(12,4)5/h6,13H,1-5H3. The highest BCUT2D eigenvalue weighted by Crippen LogP contribution is 2.30. The van der Waals surface area contributed by atoms with Gasteiger partial charge in [-0.2, -0.15) is 0 Å². The third kappa shape index (κ3) is 2.18. The minimum atomic E-state index is -1.04. The number of aliphatic hydroxyl groups is 1. The lowest BCUT2D eigenvalue weighted by molar-refractivity contribution is -0.127. The van der Waals surface area contributed by atoms with Gasteiger partial charge in [-0.1, -0.05) is 0 Å². The van der Waals surface area contributed by atoms with Crippen molar-refractivity contribution in [2.75, 3.05) is 0 Å². The van der Waals surface area contributed by atoms with Crippen LogP contribution >= 0.6 is 0 Å². The van der Waals surface area contributed by atoms with Crippen LogP contribution in [0.15, 0.2) is 11.8 Å². The molecule has 0 aromatic heterocycles. The maximum absolute atomic E-state index is 11.8. The topological polar surface area (TPSA) is 66.8 Å². The van der Waals surface area contributed by atoms with E-state index >= 15 is 0 Å². The number of rotatable bonds is 0. The molecule has 1 rings (SSSR count). The van der Waals surface area contributed by atoms with E-state index in [1.165, 1.54) is 0 Å². The molecule has 2 amide bonds. The van der Waals surface area contributed by atoms with Gasteiger partial charge in [-0.15, -0.1) is 0 Å². The lowest BCUT2D eigenvalue weighted by atomic mass is 10.0. The Morgan fingerprint density at radius 2 is 1.94 bits per heavy atom. The SMILES string of the molecule is CC(C)(C)OC(=O)N1C(=O)C=C(O)C1(C)C. The summed E-state index contributed by atoms with van der Waals surface area (Å²) < 4.78 is 5.10. The van der Waals surface area contributed by atoms with Crippen LogP contribution < -0.4 is 0 Å². The Labute approximate surface area is 94.7 Å². The summed E-state index contributed by atoms with van der Waals surface area (Å²) in [6.07, 6.45) is 0.284. The molecule has 0 saturated heterocycles. The van der Waals surface area contributed by atoms with Crippen LogP contribution in [0.25, 0.3) is 0 Å². The monoisotopic (exact) mass is 227 g/mol. The zero-order chi connectivity index (χ0) is 12.7. The molecule has 1 aliphatic rings. The summed E-state index contributed by atoms with van der Waals surface area (Å²) in [5.74, 6) is -0.694. The zero-order valence-electron chi connectivity index (χ0n) is 10.2. The molecule has 0 radical (unpaired) electrons. The van der Waals surface area contributed by atoms with Gasteiger partial charge in [0.15, 0.2) is 0 Å². The first-order valence-electron chi connectivity index (χ1n) is 5.04. The van der Waals surface area contributed by atoms with E-state index in [4.69, 9.17) is 4.74 Å². The van der Waals surface area contributed by atoms with Crippen molar-refractivity contribution < 1.29 is 19.4 Å². The van der Waals surface area contributed by atoms with E-state index in [1.807, 2.05) is 0 Å². The molecular weight excluding hydrogens is 210 g/mol. The van der Waals surface area contributed by atoms with Gasteiger partial charge >= 0.3 is 6.09 Å². The number of amides is 2. The molecule has 0 aliphatic carbocycles. The maximum Gasteiger partial charge on any atom is 0.418 e. The third-order valence-corrected chi connectivity index (χ3v) is 2.24. The summed E-state index contributed by atoms with van der Waals surface area (Å²) in [4.78, 5) is 24.2. The number of carbonyl (C=O) groups excluding carboxylic acids is 2. The molecule has 5 nitrogen and oxygen atoms in total. The van der Waals surface area contributed by atoms with Crippen LogP contribution in [0, 0.1) is 0 Å². The zero-order valence-corrected chi connectivity index (χ0v) is 10.2. The first kappa shape index (κ1) is 12.5. The average Bonchev–Trinajstić information content (AvgIpc) is 2.17. The van der Waals surface area contributed by atoms with E-state index in [9.17, 15) is 14.7 Å². The number of carbonyl (C=O) groups is 2. The van der Waals surface area contributed by atoms with Gasteiger partial charge in [-0.3, -0.25) is 4.79 Å². The van der Waals surface area contributed by atoms with Crippen molar-refractivity contribution in [1.29, 1.82) is 0 Å². The normalized spacial score (nSPS) is 19.7. The summed E-state index contributed by atoms with van der Waals surface area (Å²) in [5, 5.41) is 9.54. The first-order valence-corrected chi connectivity index (χ1v) is 5.04. The fourth-order valence-electron chi connectivity index (χ4n) is 1.37. The molecule has 1 N–H and O–H groups in total. The largest absolute Gasteiger partial charge is 0.510 e. The quantitative estimate of drug-likeness (QED) is 0.687. The fourth-order valence-corrected chi connectivity index (χ4v) is 1.37. The Hall–Kier alpha value is -1.52. The van der Waals surface area contributed by atoms with Crippen molar-refractivity contribution in [3.8, 4) is 0 Å². The Balaban J connectivity index is 2.91. The van der Waals surface area contributed by atoms with E-state index in [1.54, 1.807) is 34.6 Å². The molecule has 0 atom stereocenters. The van der Waals surface area contributed by atoms with E-state index < -0.39 is 23.1 Å². The summed E-state index contributed by atoms with van der Waals surface area (Å²) in [7, 11) is 0.